The van der Waals surface area contributed by atoms with Crippen LogP contribution in [-0.2, 0) is 4.79 Å². The van der Waals surface area contributed by atoms with E-state index in [1.807, 2.05) is 5.32 Å². The van der Waals surface area contributed by atoms with Gasteiger partial charge in [-0.25, -0.2) is 18.6 Å². The molecule has 0 saturated heterocycles. The average molecular weight is 521 g/mol. The number of fused-ring (bicyclic) bond motifs is 1. The van der Waals surface area contributed by atoms with E-state index in [1.165, 1.54) is 54.6 Å². The number of carbonyl (C=O) groups is 2. The molecule has 1 aromatic heterocycles. The fraction of sp³-hybridized carbons (Fsp3) is 0.125. The zero-order valence-electron chi connectivity index (χ0n) is 18.1. The van der Waals surface area contributed by atoms with Crippen molar-refractivity contribution in [3.8, 4) is 11.1 Å². The smallest absolute Gasteiger partial charge is 0.391 e. The second kappa shape index (κ2) is 9.90. The van der Waals surface area contributed by atoms with Crippen LogP contribution >= 0.6 is 11.3 Å². The first-order chi connectivity index (χ1) is 17.0. The van der Waals surface area contributed by atoms with E-state index in [0.717, 1.165) is 11.3 Å². The van der Waals surface area contributed by atoms with Crippen molar-refractivity contribution in [2.45, 2.75) is 18.6 Å². The molecule has 3 N–H and O–H groups in total. The molecule has 6 nitrogen and oxygen atoms in total. The number of nitrogens with one attached hydrogen (secondary N) is 2. The highest BCUT2D eigenvalue weighted by Crippen LogP contribution is 2.31. The minimum absolute atomic E-state index is 0.0572. The van der Waals surface area contributed by atoms with Gasteiger partial charge in [0.15, 0.2) is 5.13 Å². The molecule has 1 amide bonds. The van der Waals surface area contributed by atoms with Crippen molar-refractivity contribution in [2.75, 3.05) is 5.32 Å². The summed E-state index contributed by atoms with van der Waals surface area (Å²) in [5.74, 6) is -3.80. The Hall–Kier alpha value is -4.06. The quantitative estimate of drug-likeness (QED) is 0.255. The van der Waals surface area contributed by atoms with Gasteiger partial charge in [0.25, 0.3) is 5.91 Å². The molecule has 1 atom stereocenters. The zero-order valence-corrected chi connectivity index (χ0v) is 18.9. The Bertz CT molecular complexity index is 1440. The van der Waals surface area contributed by atoms with E-state index in [-0.39, 0.29) is 11.3 Å². The predicted molar refractivity (Wildman–Crippen MR) is 124 cm³/mol. The maximum absolute atomic E-state index is 14.7. The van der Waals surface area contributed by atoms with Crippen LogP contribution in [-0.4, -0.2) is 34.2 Å². The molecule has 4 aromatic rings. The van der Waals surface area contributed by atoms with E-state index in [2.05, 4.69) is 10.3 Å². The summed E-state index contributed by atoms with van der Waals surface area (Å²) in [6.45, 7) is 0. The van der Waals surface area contributed by atoms with Crippen molar-refractivity contribution in [1.82, 2.24) is 10.3 Å². The molecule has 3 aromatic carbocycles. The molecule has 186 valence electrons. The van der Waals surface area contributed by atoms with Gasteiger partial charge in [-0.15, -0.1) is 0 Å². The third-order valence-electron chi connectivity index (χ3n) is 5.08. The van der Waals surface area contributed by atoms with Crippen molar-refractivity contribution in [3.05, 3.63) is 77.9 Å². The lowest BCUT2D eigenvalue weighted by Crippen LogP contribution is -2.43. The normalized spacial score (nSPS) is 12.4. The number of aromatic nitrogens is 1. The van der Waals surface area contributed by atoms with Crippen LogP contribution in [0.2, 0.25) is 0 Å². The first kappa shape index (κ1) is 25.0. The van der Waals surface area contributed by atoms with Gasteiger partial charge in [0.2, 0.25) is 0 Å². The molecule has 36 heavy (non-hydrogen) atoms. The number of aliphatic carboxylic acids is 1. The second-order valence-electron chi connectivity index (χ2n) is 7.71. The maximum atomic E-state index is 14.7. The summed E-state index contributed by atoms with van der Waals surface area (Å²) in [4.78, 5) is 27.5. The third-order valence-corrected chi connectivity index (χ3v) is 6.01. The monoisotopic (exact) mass is 521 g/mol. The Morgan fingerprint density at radius 3 is 2.31 bits per heavy atom. The predicted octanol–water partition coefficient (Wildman–Crippen LogP) is 6.12. The van der Waals surface area contributed by atoms with Gasteiger partial charge in [-0.05, 0) is 53.6 Å². The number of carboxylic acids is 1. The highest BCUT2D eigenvalue weighted by molar-refractivity contribution is 7.22. The summed E-state index contributed by atoms with van der Waals surface area (Å²) < 4.78 is 66.3. The minimum Gasteiger partial charge on any atom is -0.480 e. The number of anilines is 2. The largest absolute Gasteiger partial charge is 0.480 e. The molecule has 0 bridgehead atoms. The molecule has 0 spiro atoms. The molecule has 1 unspecified atom stereocenters. The van der Waals surface area contributed by atoms with Crippen molar-refractivity contribution in [3.63, 3.8) is 0 Å². The van der Waals surface area contributed by atoms with E-state index in [4.69, 9.17) is 5.11 Å². The van der Waals surface area contributed by atoms with Gasteiger partial charge < -0.3 is 15.7 Å². The lowest BCUT2D eigenvalue weighted by molar-refractivity contribution is -0.157. The number of benzene rings is 3. The summed E-state index contributed by atoms with van der Waals surface area (Å²) in [6.07, 6.45) is -6.48. The molecule has 0 radical (unpaired) electrons. The van der Waals surface area contributed by atoms with E-state index in [0.29, 0.717) is 26.5 Å². The summed E-state index contributed by atoms with van der Waals surface area (Å²) >= 11 is 1.16. The number of carbonyl (C=O) groups excluding carboxylic acids is 1. The molecule has 0 aliphatic carbocycles. The van der Waals surface area contributed by atoms with Crippen molar-refractivity contribution >= 4 is 44.2 Å². The van der Waals surface area contributed by atoms with Crippen molar-refractivity contribution in [1.29, 1.82) is 0 Å². The van der Waals surface area contributed by atoms with Crippen LogP contribution in [0.15, 0.2) is 60.7 Å². The lowest BCUT2D eigenvalue weighted by Gasteiger charge is -2.16. The molecule has 4 rings (SSSR count). The van der Waals surface area contributed by atoms with Gasteiger partial charge in [-0.3, -0.25) is 4.79 Å². The number of alkyl halides is 3. The van der Waals surface area contributed by atoms with Crippen LogP contribution in [0.5, 0.6) is 0 Å². The van der Waals surface area contributed by atoms with Gasteiger partial charge in [0.05, 0.1) is 22.3 Å². The Kier molecular flexibility index (Phi) is 6.88. The fourth-order valence-electron chi connectivity index (χ4n) is 3.35. The highest BCUT2D eigenvalue weighted by Gasteiger charge is 2.36. The second-order valence-corrected chi connectivity index (χ2v) is 8.74. The van der Waals surface area contributed by atoms with Crippen LogP contribution in [0.1, 0.15) is 16.8 Å². The summed E-state index contributed by atoms with van der Waals surface area (Å²) in [5, 5.41) is 14.0. The van der Waals surface area contributed by atoms with Crippen LogP contribution < -0.4 is 10.6 Å². The number of hydrogen-bond donors (Lipinski definition) is 3. The number of thiazole rings is 1. The van der Waals surface area contributed by atoms with Crippen molar-refractivity contribution < 1.29 is 36.6 Å². The van der Waals surface area contributed by atoms with Gasteiger partial charge in [0.1, 0.15) is 17.7 Å². The SMILES string of the molecule is O=C(NC(CC(F)(F)F)C(=O)O)c1ccc(-c2ccc(Nc3nc4ccc(F)cc4s3)c(F)c2)cc1. The van der Waals surface area contributed by atoms with Gasteiger partial charge in [0, 0.05) is 5.56 Å². The van der Waals surface area contributed by atoms with Crippen LogP contribution in [0.25, 0.3) is 21.3 Å². The Morgan fingerprint density at radius 2 is 1.67 bits per heavy atom. The molecular formula is C24H16F5N3O3S. The first-order valence-electron chi connectivity index (χ1n) is 10.3. The maximum Gasteiger partial charge on any atom is 0.391 e. The first-order valence-corrected chi connectivity index (χ1v) is 11.1. The summed E-state index contributed by atoms with van der Waals surface area (Å²) in [6, 6.07) is 11.8. The molecule has 0 aliphatic rings. The molecule has 0 saturated carbocycles. The van der Waals surface area contributed by atoms with E-state index < -0.39 is 42.1 Å². The molecule has 1 heterocycles. The Labute approximate surface area is 204 Å². The summed E-state index contributed by atoms with van der Waals surface area (Å²) in [5.41, 5.74) is 1.62. The standard InChI is InChI=1S/C24H16F5N3O3S/c25-15-6-8-18-20(10-15)36-23(32-18)31-17-7-5-14(9-16(17)26)12-1-3-13(4-2-12)21(33)30-19(22(34)35)11-24(27,28)29/h1-10,19H,11H2,(H,30,33)(H,31,32)(H,34,35). The lowest BCUT2D eigenvalue weighted by atomic mass is 10.0. The number of carboxylic acid groups (broad SMARTS) is 1. The van der Waals surface area contributed by atoms with Gasteiger partial charge in [-0.2, -0.15) is 13.2 Å². The Morgan fingerprint density at radius 1 is 0.972 bits per heavy atom. The van der Waals surface area contributed by atoms with E-state index in [1.54, 1.807) is 6.07 Å². The zero-order chi connectivity index (χ0) is 26.0. The van der Waals surface area contributed by atoms with Gasteiger partial charge >= 0.3 is 12.1 Å². The number of halogens is 5. The van der Waals surface area contributed by atoms with E-state index >= 15 is 0 Å². The molecule has 0 fully saturated rings. The Balaban J connectivity index is 1.46. The topological polar surface area (TPSA) is 91.3 Å². The third kappa shape index (κ3) is 5.95. The van der Waals surface area contributed by atoms with Crippen LogP contribution in [0, 0.1) is 11.6 Å². The van der Waals surface area contributed by atoms with Crippen molar-refractivity contribution in [2.24, 2.45) is 0 Å². The highest BCUT2D eigenvalue weighted by atomic mass is 32.1. The minimum atomic E-state index is -4.77. The fourth-order valence-corrected chi connectivity index (χ4v) is 4.25. The average Bonchev–Trinajstić information content (AvgIpc) is 3.20. The number of nitrogens with zero attached hydrogens (tertiary/aromatic N) is 1. The van der Waals surface area contributed by atoms with E-state index in [9.17, 15) is 31.5 Å². The number of amides is 1. The summed E-state index contributed by atoms with van der Waals surface area (Å²) in [7, 11) is 0. The van der Waals surface area contributed by atoms with Gasteiger partial charge in [-0.1, -0.05) is 29.5 Å². The molecular weight excluding hydrogens is 505 g/mol. The number of hydrogen-bond acceptors (Lipinski definition) is 5. The molecule has 0 aliphatic heterocycles. The van der Waals surface area contributed by atoms with Crippen LogP contribution in [0.4, 0.5) is 32.8 Å². The molecule has 12 heteroatoms. The van der Waals surface area contributed by atoms with Crippen LogP contribution in [0.3, 0.4) is 0 Å². The number of rotatable bonds is 7.